The summed E-state index contributed by atoms with van der Waals surface area (Å²) < 4.78 is 1.90. The number of piperidine rings is 1. The van der Waals surface area contributed by atoms with Crippen molar-refractivity contribution in [3.05, 3.63) is 52.2 Å². The van der Waals surface area contributed by atoms with Gasteiger partial charge in [0.15, 0.2) is 0 Å². The number of H-pyrrole nitrogens is 2. The van der Waals surface area contributed by atoms with E-state index in [1.54, 1.807) is 0 Å². The van der Waals surface area contributed by atoms with Crippen LogP contribution in [0.2, 0.25) is 0 Å². The Balaban J connectivity index is 1.47. The van der Waals surface area contributed by atoms with Gasteiger partial charge in [0, 0.05) is 37.9 Å². The van der Waals surface area contributed by atoms with Gasteiger partial charge in [-0.3, -0.25) is 9.48 Å². The molecule has 4 rings (SSSR count). The first-order valence-corrected chi connectivity index (χ1v) is 8.57. The van der Waals surface area contributed by atoms with E-state index < -0.39 is 0 Å². The Bertz CT molecular complexity index is 967. The number of fused-ring (bicyclic) bond motifs is 1. The molecule has 3 heterocycles. The Morgan fingerprint density at radius 2 is 2.12 bits per heavy atom. The van der Waals surface area contributed by atoms with E-state index >= 15 is 0 Å². The number of imidazole rings is 1. The molecule has 1 aliphatic heterocycles. The number of benzene rings is 1. The quantitative estimate of drug-likeness (QED) is 0.759. The maximum atomic E-state index is 12.7. The smallest absolute Gasteiger partial charge is 0.323 e. The number of carbonyl (C=O) groups is 1. The number of aromatic amines is 2. The number of carbonyl (C=O) groups excluding carboxylic acids is 1. The molecule has 1 aromatic carbocycles. The van der Waals surface area contributed by atoms with E-state index in [-0.39, 0.29) is 11.6 Å². The summed E-state index contributed by atoms with van der Waals surface area (Å²) in [6.45, 7) is 1.54. The summed E-state index contributed by atoms with van der Waals surface area (Å²) in [5, 5.41) is 4.24. The SMILES string of the molecule is Cn1nccc1C1CCCN(C(=O)Cc2ccc3[nH]c(=O)[nH]c3c2)C1. The van der Waals surface area contributed by atoms with E-state index in [2.05, 4.69) is 15.1 Å². The van der Waals surface area contributed by atoms with Crippen LogP contribution in [0.3, 0.4) is 0 Å². The van der Waals surface area contributed by atoms with Gasteiger partial charge in [-0.2, -0.15) is 5.10 Å². The fraction of sp³-hybridized carbons (Fsp3) is 0.389. The average molecular weight is 339 g/mol. The van der Waals surface area contributed by atoms with Crippen LogP contribution in [0.1, 0.15) is 30.0 Å². The summed E-state index contributed by atoms with van der Waals surface area (Å²) in [4.78, 5) is 31.5. The monoisotopic (exact) mass is 339 g/mol. The lowest BCUT2D eigenvalue weighted by atomic mass is 9.94. The lowest BCUT2D eigenvalue weighted by Crippen LogP contribution is -2.40. The number of aromatic nitrogens is 4. The molecule has 3 aromatic rings. The molecule has 7 heteroatoms. The molecule has 2 aromatic heterocycles. The molecule has 1 atom stereocenters. The van der Waals surface area contributed by atoms with Gasteiger partial charge in [0.25, 0.3) is 0 Å². The molecule has 0 spiro atoms. The van der Waals surface area contributed by atoms with Gasteiger partial charge in [-0.25, -0.2) is 4.79 Å². The van der Waals surface area contributed by atoms with Crippen molar-refractivity contribution in [1.29, 1.82) is 0 Å². The molecule has 0 aliphatic carbocycles. The summed E-state index contributed by atoms with van der Waals surface area (Å²) in [5.41, 5.74) is 3.37. The molecule has 1 saturated heterocycles. The number of hydrogen-bond donors (Lipinski definition) is 2. The maximum absolute atomic E-state index is 12.7. The summed E-state index contributed by atoms with van der Waals surface area (Å²) in [7, 11) is 1.95. The zero-order valence-corrected chi connectivity index (χ0v) is 14.2. The van der Waals surface area contributed by atoms with Gasteiger partial charge in [0.05, 0.1) is 17.5 Å². The van der Waals surface area contributed by atoms with E-state index in [1.165, 1.54) is 5.69 Å². The Labute approximate surface area is 144 Å². The number of likely N-dealkylation sites (tertiary alicyclic amines) is 1. The molecule has 25 heavy (non-hydrogen) atoms. The minimum absolute atomic E-state index is 0.129. The highest BCUT2D eigenvalue weighted by atomic mass is 16.2. The maximum Gasteiger partial charge on any atom is 0.323 e. The van der Waals surface area contributed by atoms with E-state index in [1.807, 2.05) is 47.1 Å². The normalized spacial score (nSPS) is 18.0. The third kappa shape index (κ3) is 3.09. The number of nitrogens with zero attached hydrogens (tertiary/aromatic N) is 3. The van der Waals surface area contributed by atoms with E-state index in [4.69, 9.17) is 0 Å². The highest BCUT2D eigenvalue weighted by Crippen LogP contribution is 2.26. The van der Waals surface area contributed by atoms with Gasteiger partial charge in [0.1, 0.15) is 0 Å². The van der Waals surface area contributed by atoms with Crippen LogP contribution in [0, 0.1) is 0 Å². The Hall–Kier alpha value is -2.83. The molecule has 1 aliphatic rings. The first-order valence-electron chi connectivity index (χ1n) is 8.57. The van der Waals surface area contributed by atoms with Gasteiger partial charge < -0.3 is 14.9 Å². The second kappa shape index (κ2) is 6.23. The minimum atomic E-state index is -0.228. The lowest BCUT2D eigenvalue weighted by molar-refractivity contribution is -0.131. The molecule has 2 N–H and O–H groups in total. The second-order valence-electron chi connectivity index (χ2n) is 6.69. The Kier molecular flexibility index (Phi) is 3.91. The standard InChI is InChI=1S/C18H21N5O2/c1-22-16(6-7-19-22)13-3-2-8-23(11-13)17(24)10-12-4-5-14-15(9-12)21-18(25)20-14/h4-7,9,13H,2-3,8,10-11H2,1H3,(H2,20,21,25). The zero-order valence-electron chi connectivity index (χ0n) is 14.2. The van der Waals surface area contributed by atoms with E-state index in [0.717, 1.165) is 42.5 Å². The van der Waals surface area contributed by atoms with Crippen molar-refractivity contribution < 1.29 is 4.79 Å². The number of aryl methyl sites for hydroxylation is 1. The van der Waals surface area contributed by atoms with Crippen molar-refractivity contribution >= 4 is 16.9 Å². The fourth-order valence-electron chi connectivity index (χ4n) is 3.71. The molecular formula is C18H21N5O2. The molecule has 130 valence electrons. The van der Waals surface area contributed by atoms with Crippen molar-refractivity contribution in [3.63, 3.8) is 0 Å². The largest absolute Gasteiger partial charge is 0.342 e. The highest BCUT2D eigenvalue weighted by Gasteiger charge is 2.26. The molecule has 0 saturated carbocycles. The summed E-state index contributed by atoms with van der Waals surface area (Å²) in [5.74, 6) is 0.470. The Morgan fingerprint density at radius 3 is 2.92 bits per heavy atom. The topological polar surface area (TPSA) is 86.8 Å². The minimum Gasteiger partial charge on any atom is -0.342 e. The lowest BCUT2D eigenvalue weighted by Gasteiger charge is -2.33. The average Bonchev–Trinajstić information content (AvgIpc) is 3.19. The van der Waals surface area contributed by atoms with Crippen LogP contribution in [-0.2, 0) is 18.3 Å². The molecular weight excluding hydrogens is 318 g/mol. The number of nitrogens with one attached hydrogen (secondary N) is 2. The first kappa shape index (κ1) is 15.7. The summed E-state index contributed by atoms with van der Waals surface area (Å²) >= 11 is 0. The number of rotatable bonds is 3. The number of hydrogen-bond acceptors (Lipinski definition) is 3. The molecule has 1 unspecified atom stereocenters. The summed E-state index contributed by atoms with van der Waals surface area (Å²) in [6, 6.07) is 7.64. The molecule has 1 fully saturated rings. The van der Waals surface area contributed by atoms with Crippen molar-refractivity contribution in [2.45, 2.75) is 25.2 Å². The van der Waals surface area contributed by atoms with E-state index in [0.29, 0.717) is 12.3 Å². The Morgan fingerprint density at radius 1 is 1.28 bits per heavy atom. The van der Waals surface area contributed by atoms with Crippen LogP contribution >= 0.6 is 0 Å². The van der Waals surface area contributed by atoms with Gasteiger partial charge in [-0.1, -0.05) is 6.07 Å². The second-order valence-corrected chi connectivity index (χ2v) is 6.69. The van der Waals surface area contributed by atoms with Gasteiger partial charge in [-0.15, -0.1) is 0 Å². The number of amides is 1. The molecule has 0 radical (unpaired) electrons. The third-order valence-electron chi connectivity index (χ3n) is 4.99. The van der Waals surface area contributed by atoms with Crippen LogP contribution < -0.4 is 5.69 Å². The van der Waals surface area contributed by atoms with Crippen molar-refractivity contribution in [1.82, 2.24) is 24.6 Å². The van der Waals surface area contributed by atoms with Crippen LogP contribution in [0.25, 0.3) is 11.0 Å². The predicted octanol–water partition coefficient (Wildman–Crippen LogP) is 1.54. The van der Waals surface area contributed by atoms with E-state index in [9.17, 15) is 9.59 Å². The summed E-state index contributed by atoms with van der Waals surface area (Å²) in [6.07, 6.45) is 4.25. The van der Waals surface area contributed by atoms with Gasteiger partial charge in [0.2, 0.25) is 5.91 Å². The van der Waals surface area contributed by atoms with Crippen molar-refractivity contribution in [2.24, 2.45) is 7.05 Å². The molecule has 7 nitrogen and oxygen atoms in total. The zero-order chi connectivity index (χ0) is 17.4. The van der Waals surface area contributed by atoms with Crippen LogP contribution in [0.15, 0.2) is 35.3 Å². The van der Waals surface area contributed by atoms with Gasteiger partial charge >= 0.3 is 5.69 Å². The van der Waals surface area contributed by atoms with Crippen LogP contribution in [0.4, 0.5) is 0 Å². The molecule has 0 bridgehead atoms. The molecule has 1 amide bonds. The van der Waals surface area contributed by atoms with Crippen molar-refractivity contribution in [2.75, 3.05) is 13.1 Å². The third-order valence-corrected chi connectivity index (χ3v) is 4.99. The highest BCUT2D eigenvalue weighted by molar-refractivity contribution is 5.81. The first-order chi connectivity index (χ1) is 12.1. The van der Waals surface area contributed by atoms with Crippen LogP contribution in [-0.4, -0.2) is 43.6 Å². The van der Waals surface area contributed by atoms with Crippen LogP contribution in [0.5, 0.6) is 0 Å². The predicted molar refractivity (Wildman–Crippen MR) is 94.4 cm³/mol. The fourth-order valence-corrected chi connectivity index (χ4v) is 3.71. The van der Waals surface area contributed by atoms with Crippen molar-refractivity contribution in [3.8, 4) is 0 Å². The van der Waals surface area contributed by atoms with Gasteiger partial charge in [-0.05, 0) is 36.6 Å².